The van der Waals surface area contributed by atoms with E-state index in [1.54, 1.807) is 12.1 Å². The Kier molecular flexibility index (Phi) is 4.69. The summed E-state index contributed by atoms with van der Waals surface area (Å²) >= 11 is 7.28. The molecule has 0 bridgehead atoms. The normalized spacial score (nSPS) is 10.5. The molecule has 0 radical (unpaired) electrons. The number of aryl methyl sites for hydroxylation is 1. The zero-order valence-electron chi connectivity index (χ0n) is 11.8. The summed E-state index contributed by atoms with van der Waals surface area (Å²) in [6.07, 6.45) is 0.555. The number of halogens is 1. The van der Waals surface area contributed by atoms with Crippen LogP contribution in [0.5, 0.6) is 11.5 Å². The van der Waals surface area contributed by atoms with Crippen molar-refractivity contribution in [3.05, 3.63) is 27.7 Å². The highest BCUT2D eigenvalue weighted by Gasteiger charge is 2.19. The number of hydrogen-bond donors (Lipinski definition) is 1. The fourth-order valence-electron chi connectivity index (χ4n) is 1.92. The summed E-state index contributed by atoms with van der Waals surface area (Å²) in [5.74, 6) is -0.0547. The molecule has 0 amide bonds. The maximum atomic E-state index is 11.2. The van der Waals surface area contributed by atoms with Crippen LogP contribution >= 0.6 is 22.9 Å². The van der Waals surface area contributed by atoms with Gasteiger partial charge < -0.3 is 14.6 Å². The summed E-state index contributed by atoms with van der Waals surface area (Å²) in [5, 5.41) is 10.2. The lowest BCUT2D eigenvalue weighted by molar-refractivity contribution is 0.0701. The van der Waals surface area contributed by atoms with Crippen molar-refractivity contribution < 1.29 is 19.4 Å². The van der Waals surface area contributed by atoms with Gasteiger partial charge in [-0.25, -0.2) is 9.78 Å². The predicted octanol–water partition coefficient (Wildman–Crippen LogP) is 3.74. The zero-order valence-corrected chi connectivity index (χ0v) is 13.3. The largest absolute Gasteiger partial charge is 0.493 e. The molecule has 1 N–H and O–H groups in total. The van der Waals surface area contributed by atoms with Gasteiger partial charge in [0.05, 0.1) is 24.9 Å². The number of ether oxygens (including phenoxy) is 2. The van der Waals surface area contributed by atoms with Crippen LogP contribution in [0.2, 0.25) is 5.02 Å². The van der Waals surface area contributed by atoms with Crippen LogP contribution in [0.3, 0.4) is 0 Å². The molecule has 2 rings (SSSR count). The molecule has 2 aromatic rings. The molecule has 0 fully saturated rings. The lowest BCUT2D eigenvalue weighted by atomic mass is 10.2. The highest BCUT2D eigenvalue weighted by molar-refractivity contribution is 7.17. The van der Waals surface area contributed by atoms with Crippen LogP contribution in [0, 0.1) is 0 Å². The van der Waals surface area contributed by atoms with E-state index in [1.165, 1.54) is 14.2 Å². The van der Waals surface area contributed by atoms with Crippen molar-refractivity contribution in [1.29, 1.82) is 0 Å². The molecule has 0 aliphatic carbocycles. The molecule has 0 atom stereocenters. The number of hydrogen-bond acceptors (Lipinski definition) is 5. The number of aromatic carboxylic acids is 1. The first-order chi connectivity index (χ1) is 10.0. The minimum Gasteiger partial charge on any atom is -0.493 e. The average Bonchev–Trinajstić information content (AvgIpc) is 2.90. The monoisotopic (exact) mass is 327 g/mol. The second-order valence-electron chi connectivity index (χ2n) is 4.15. The number of nitrogens with zero attached hydrogens (tertiary/aromatic N) is 1. The van der Waals surface area contributed by atoms with E-state index in [0.717, 1.165) is 11.3 Å². The number of thiazole rings is 1. The second kappa shape index (κ2) is 6.32. The SMILES string of the molecule is CCc1nc(-c2cc(Cl)c(OC)c(OC)c2)sc1C(=O)O. The zero-order chi connectivity index (χ0) is 15.6. The van der Waals surface area contributed by atoms with Crippen LogP contribution in [0.15, 0.2) is 12.1 Å². The molecule has 1 heterocycles. The molecule has 7 heteroatoms. The number of benzene rings is 1. The standard InChI is InChI=1S/C14H14ClNO4S/c1-4-9-12(14(17)18)21-13(16-9)7-5-8(15)11(20-3)10(6-7)19-2/h5-6H,4H2,1-3H3,(H,17,18). The van der Waals surface area contributed by atoms with E-state index in [2.05, 4.69) is 4.98 Å². The van der Waals surface area contributed by atoms with Crippen molar-refractivity contribution in [2.75, 3.05) is 14.2 Å². The Hall–Kier alpha value is -1.79. The molecule has 0 aliphatic heterocycles. The Bertz CT molecular complexity index is 684. The molecule has 0 unspecified atom stereocenters. The van der Waals surface area contributed by atoms with Crippen LogP contribution < -0.4 is 9.47 Å². The Balaban J connectivity index is 2.57. The molecule has 0 saturated carbocycles. The first kappa shape index (κ1) is 15.6. The fraction of sp³-hybridized carbons (Fsp3) is 0.286. The molecular formula is C14H14ClNO4S. The third kappa shape index (κ3) is 2.96. The van der Waals surface area contributed by atoms with Crippen LogP contribution in [-0.4, -0.2) is 30.3 Å². The van der Waals surface area contributed by atoms with Crippen molar-refractivity contribution in [2.24, 2.45) is 0 Å². The van der Waals surface area contributed by atoms with E-state index in [9.17, 15) is 9.90 Å². The van der Waals surface area contributed by atoms with Crippen LogP contribution in [0.1, 0.15) is 22.3 Å². The van der Waals surface area contributed by atoms with Gasteiger partial charge in [-0.15, -0.1) is 11.3 Å². The Morgan fingerprint density at radius 1 is 1.38 bits per heavy atom. The van der Waals surface area contributed by atoms with Gasteiger partial charge in [-0.1, -0.05) is 18.5 Å². The van der Waals surface area contributed by atoms with Gasteiger partial charge in [0.2, 0.25) is 0 Å². The number of methoxy groups -OCH3 is 2. The first-order valence-corrected chi connectivity index (χ1v) is 7.36. The van der Waals surface area contributed by atoms with Crippen LogP contribution in [-0.2, 0) is 6.42 Å². The molecule has 1 aromatic heterocycles. The fourth-order valence-corrected chi connectivity index (χ4v) is 3.19. The van der Waals surface area contributed by atoms with Gasteiger partial charge in [0.15, 0.2) is 11.5 Å². The first-order valence-electron chi connectivity index (χ1n) is 6.16. The van der Waals surface area contributed by atoms with Gasteiger partial charge in [0.25, 0.3) is 0 Å². The second-order valence-corrected chi connectivity index (χ2v) is 5.55. The quantitative estimate of drug-likeness (QED) is 0.906. The van der Waals surface area contributed by atoms with Gasteiger partial charge in [-0.05, 0) is 18.6 Å². The molecule has 0 aliphatic rings. The lowest BCUT2D eigenvalue weighted by Crippen LogP contribution is -1.97. The van der Waals surface area contributed by atoms with Crippen molar-refractivity contribution in [1.82, 2.24) is 4.98 Å². The van der Waals surface area contributed by atoms with Gasteiger partial charge in [0.1, 0.15) is 9.88 Å². The molecule has 21 heavy (non-hydrogen) atoms. The Morgan fingerprint density at radius 3 is 2.57 bits per heavy atom. The van der Waals surface area contributed by atoms with Gasteiger partial charge in [0, 0.05) is 5.56 Å². The van der Waals surface area contributed by atoms with Gasteiger partial charge >= 0.3 is 5.97 Å². The van der Waals surface area contributed by atoms with Crippen LogP contribution in [0.4, 0.5) is 0 Å². The van der Waals surface area contributed by atoms with Crippen molar-refractivity contribution in [3.63, 3.8) is 0 Å². The molecule has 5 nitrogen and oxygen atoms in total. The molecule has 112 valence electrons. The van der Waals surface area contributed by atoms with Crippen molar-refractivity contribution >= 4 is 28.9 Å². The number of aromatic nitrogens is 1. The van der Waals surface area contributed by atoms with Gasteiger partial charge in [-0.2, -0.15) is 0 Å². The van der Waals surface area contributed by atoms with E-state index in [0.29, 0.717) is 39.2 Å². The topological polar surface area (TPSA) is 68.7 Å². The summed E-state index contributed by atoms with van der Waals surface area (Å²) in [7, 11) is 3.02. The number of rotatable bonds is 5. The summed E-state index contributed by atoms with van der Waals surface area (Å²) in [5.41, 5.74) is 1.26. The summed E-state index contributed by atoms with van der Waals surface area (Å²) in [4.78, 5) is 15.8. The van der Waals surface area contributed by atoms with Gasteiger partial charge in [-0.3, -0.25) is 0 Å². The number of carbonyl (C=O) groups is 1. The summed E-state index contributed by atoms with van der Waals surface area (Å²) in [6, 6.07) is 3.42. The third-order valence-corrected chi connectivity index (χ3v) is 4.32. The lowest BCUT2D eigenvalue weighted by Gasteiger charge is -2.10. The highest BCUT2D eigenvalue weighted by atomic mass is 35.5. The van der Waals surface area contributed by atoms with E-state index in [-0.39, 0.29) is 4.88 Å². The number of carboxylic acid groups (broad SMARTS) is 1. The Labute approximate surface area is 131 Å². The molecule has 0 saturated heterocycles. The third-order valence-electron chi connectivity index (χ3n) is 2.91. The molecule has 0 spiro atoms. The number of carboxylic acids is 1. The van der Waals surface area contributed by atoms with E-state index in [4.69, 9.17) is 21.1 Å². The van der Waals surface area contributed by atoms with E-state index < -0.39 is 5.97 Å². The van der Waals surface area contributed by atoms with Crippen molar-refractivity contribution in [2.45, 2.75) is 13.3 Å². The predicted molar refractivity (Wildman–Crippen MR) is 82.0 cm³/mol. The molecular weight excluding hydrogens is 314 g/mol. The van der Waals surface area contributed by atoms with Crippen molar-refractivity contribution in [3.8, 4) is 22.1 Å². The minimum atomic E-state index is -0.970. The smallest absolute Gasteiger partial charge is 0.347 e. The average molecular weight is 328 g/mol. The summed E-state index contributed by atoms with van der Waals surface area (Å²) in [6.45, 7) is 1.87. The Morgan fingerprint density at radius 2 is 2.10 bits per heavy atom. The molecule has 1 aromatic carbocycles. The van der Waals surface area contributed by atoms with E-state index >= 15 is 0 Å². The maximum Gasteiger partial charge on any atom is 0.347 e. The van der Waals surface area contributed by atoms with E-state index in [1.807, 2.05) is 6.92 Å². The summed E-state index contributed by atoms with van der Waals surface area (Å²) < 4.78 is 10.4. The maximum absolute atomic E-state index is 11.2. The minimum absolute atomic E-state index is 0.249. The van der Waals surface area contributed by atoms with Crippen LogP contribution in [0.25, 0.3) is 10.6 Å². The highest BCUT2D eigenvalue weighted by Crippen LogP contribution is 2.40.